The van der Waals surface area contributed by atoms with Gasteiger partial charge in [0.1, 0.15) is 6.33 Å². The SMILES string of the molecule is COc1ccc2cncn2c1Cl. The van der Waals surface area contributed by atoms with E-state index in [1.165, 1.54) is 0 Å². The van der Waals surface area contributed by atoms with Crippen molar-refractivity contribution in [2.75, 3.05) is 7.11 Å². The fraction of sp³-hybridized carbons (Fsp3) is 0.125. The second kappa shape index (κ2) is 2.68. The molecule has 0 unspecified atom stereocenters. The average molecular weight is 183 g/mol. The Kier molecular flexibility index (Phi) is 1.66. The average Bonchev–Trinajstić information content (AvgIpc) is 2.53. The first-order valence-electron chi connectivity index (χ1n) is 3.47. The molecule has 12 heavy (non-hydrogen) atoms. The maximum absolute atomic E-state index is 5.98. The van der Waals surface area contributed by atoms with Crippen molar-refractivity contribution in [3.05, 3.63) is 29.8 Å². The fourth-order valence-corrected chi connectivity index (χ4v) is 1.37. The summed E-state index contributed by atoms with van der Waals surface area (Å²) in [6.07, 6.45) is 3.39. The lowest BCUT2D eigenvalue weighted by Gasteiger charge is -2.03. The smallest absolute Gasteiger partial charge is 0.157 e. The number of methoxy groups -OCH3 is 1. The lowest BCUT2D eigenvalue weighted by molar-refractivity contribution is 0.412. The molecule has 62 valence electrons. The van der Waals surface area contributed by atoms with Gasteiger partial charge in [0.2, 0.25) is 0 Å². The molecule has 0 aliphatic rings. The number of ether oxygens (including phenoxy) is 1. The second-order valence-electron chi connectivity index (χ2n) is 2.38. The normalized spacial score (nSPS) is 10.5. The Balaban J connectivity index is 2.78. The van der Waals surface area contributed by atoms with Crippen LogP contribution in [0.25, 0.3) is 5.52 Å². The van der Waals surface area contributed by atoms with Crippen LogP contribution in [0.1, 0.15) is 0 Å². The maximum Gasteiger partial charge on any atom is 0.157 e. The van der Waals surface area contributed by atoms with Crippen molar-refractivity contribution in [3.63, 3.8) is 0 Å². The second-order valence-corrected chi connectivity index (χ2v) is 2.74. The highest BCUT2D eigenvalue weighted by Gasteiger charge is 2.03. The molecule has 0 saturated carbocycles. The summed E-state index contributed by atoms with van der Waals surface area (Å²) in [6, 6.07) is 3.72. The highest BCUT2D eigenvalue weighted by atomic mass is 35.5. The zero-order valence-electron chi connectivity index (χ0n) is 6.49. The number of halogens is 1. The van der Waals surface area contributed by atoms with E-state index in [0.29, 0.717) is 10.9 Å². The summed E-state index contributed by atoms with van der Waals surface area (Å²) in [5.41, 5.74) is 0.959. The molecule has 0 N–H and O–H groups in total. The van der Waals surface area contributed by atoms with Gasteiger partial charge in [-0.15, -0.1) is 0 Å². The largest absolute Gasteiger partial charge is 0.494 e. The molecule has 2 aromatic rings. The summed E-state index contributed by atoms with van der Waals surface area (Å²) >= 11 is 5.98. The van der Waals surface area contributed by atoms with Crippen LogP contribution in [0.4, 0.5) is 0 Å². The molecule has 2 rings (SSSR count). The van der Waals surface area contributed by atoms with E-state index in [1.807, 2.05) is 12.1 Å². The lowest BCUT2D eigenvalue weighted by Crippen LogP contribution is -1.90. The molecule has 3 nitrogen and oxygen atoms in total. The molecule has 0 bridgehead atoms. The van der Waals surface area contributed by atoms with Gasteiger partial charge >= 0.3 is 0 Å². The molecule has 0 aliphatic heterocycles. The van der Waals surface area contributed by atoms with E-state index in [2.05, 4.69) is 4.98 Å². The number of rotatable bonds is 1. The van der Waals surface area contributed by atoms with Crippen molar-refractivity contribution >= 4 is 17.1 Å². The Morgan fingerprint density at radius 3 is 3.08 bits per heavy atom. The fourth-order valence-electron chi connectivity index (χ4n) is 1.09. The molecule has 0 amide bonds. The van der Waals surface area contributed by atoms with E-state index in [0.717, 1.165) is 5.52 Å². The van der Waals surface area contributed by atoms with Crippen LogP contribution in [0.5, 0.6) is 5.75 Å². The van der Waals surface area contributed by atoms with Crippen molar-refractivity contribution in [2.24, 2.45) is 0 Å². The van der Waals surface area contributed by atoms with Crippen LogP contribution in [0.3, 0.4) is 0 Å². The first-order valence-corrected chi connectivity index (χ1v) is 3.85. The quantitative estimate of drug-likeness (QED) is 0.631. The predicted molar refractivity (Wildman–Crippen MR) is 46.8 cm³/mol. The van der Waals surface area contributed by atoms with E-state index < -0.39 is 0 Å². The van der Waals surface area contributed by atoms with Gasteiger partial charge < -0.3 is 4.74 Å². The summed E-state index contributed by atoms with van der Waals surface area (Å²) in [5, 5.41) is 0.549. The molecule has 0 saturated heterocycles. The van der Waals surface area contributed by atoms with E-state index in [9.17, 15) is 0 Å². The first-order chi connectivity index (χ1) is 5.83. The molecule has 2 heterocycles. The summed E-state index contributed by atoms with van der Waals surface area (Å²) in [5.74, 6) is 0.655. The molecule has 0 fully saturated rings. The Bertz CT molecular complexity index is 410. The van der Waals surface area contributed by atoms with Crippen molar-refractivity contribution in [2.45, 2.75) is 0 Å². The maximum atomic E-state index is 5.98. The van der Waals surface area contributed by atoms with Crippen molar-refractivity contribution in [1.82, 2.24) is 9.38 Å². The van der Waals surface area contributed by atoms with Gasteiger partial charge in [0.05, 0.1) is 18.8 Å². The van der Waals surface area contributed by atoms with Gasteiger partial charge in [0.15, 0.2) is 10.9 Å². The van der Waals surface area contributed by atoms with Crippen LogP contribution in [-0.4, -0.2) is 16.5 Å². The van der Waals surface area contributed by atoms with E-state index in [-0.39, 0.29) is 0 Å². The summed E-state index contributed by atoms with van der Waals surface area (Å²) in [4.78, 5) is 3.96. The summed E-state index contributed by atoms with van der Waals surface area (Å²) in [6.45, 7) is 0. The van der Waals surface area contributed by atoms with Crippen LogP contribution in [-0.2, 0) is 0 Å². The molecule has 0 spiro atoms. The van der Waals surface area contributed by atoms with Crippen molar-refractivity contribution < 1.29 is 4.74 Å². The summed E-state index contributed by atoms with van der Waals surface area (Å²) < 4.78 is 6.81. The van der Waals surface area contributed by atoms with Crippen LogP contribution in [0.15, 0.2) is 24.7 Å². The minimum Gasteiger partial charge on any atom is -0.494 e. The molecule has 4 heteroatoms. The standard InChI is InChI=1S/C8H7ClN2O/c1-12-7-3-2-6-4-10-5-11(6)8(7)9/h2-5H,1H3. The number of hydrogen-bond acceptors (Lipinski definition) is 2. The minimum absolute atomic E-state index is 0.549. The van der Waals surface area contributed by atoms with Gasteiger partial charge in [-0.05, 0) is 12.1 Å². The minimum atomic E-state index is 0.549. The number of hydrogen-bond donors (Lipinski definition) is 0. The van der Waals surface area contributed by atoms with Crippen molar-refractivity contribution in [3.8, 4) is 5.75 Å². The molecular weight excluding hydrogens is 176 g/mol. The van der Waals surface area contributed by atoms with Gasteiger partial charge in [-0.2, -0.15) is 0 Å². The third-order valence-corrected chi connectivity index (χ3v) is 2.08. The highest BCUT2D eigenvalue weighted by molar-refractivity contribution is 6.31. The van der Waals surface area contributed by atoms with Crippen molar-refractivity contribution in [1.29, 1.82) is 0 Å². The van der Waals surface area contributed by atoms with E-state index in [4.69, 9.17) is 16.3 Å². The zero-order chi connectivity index (χ0) is 8.55. The predicted octanol–water partition coefficient (Wildman–Crippen LogP) is 2.00. The Labute approximate surface area is 74.6 Å². The van der Waals surface area contributed by atoms with Gasteiger partial charge in [-0.25, -0.2) is 4.98 Å². The number of fused-ring (bicyclic) bond motifs is 1. The first kappa shape index (κ1) is 7.43. The van der Waals surface area contributed by atoms with E-state index >= 15 is 0 Å². The Morgan fingerprint density at radius 2 is 2.33 bits per heavy atom. The van der Waals surface area contributed by atoms with E-state index in [1.54, 1.807) is 24.0 Å². The van der Waals surface area contributed by atoms with Gasteiger partial charge in [-0.1, -0.05) is 11.6 Å². The van der Waals surface area contributed by atoms with Gasteiger partial charge in [-0.3, -0.25) is 4.40 Å². The molecule has 2 aromatic heterocycles. The number of imidazole rings is 1. The van der Waals surface area contributed by atoms with Gasteiger partial charge in [0, 0.05) is 0 Å². The van der Waals surface area contributed by atoms with Crippen LogP contribution in [0.2, 0.25) is 5.15 Å². The Morgan fingerprint density at radius 1 is 1.50 bits per heavy atom. The van der Waals surface area contributed by atoms with Gasteiger partial charge in [0.25, 0.3) is 0 Å². The topological polar surface area (TPSA) is 26.5 Å². The summed E-state index contributed by atoms with van der Waals surface area (Å²) in [7, 11) is 1.59. The number of pyridine rings is 1. The zero-order valence-corrected chi connectivity index (χ0v) is 7.25. The van der Waals surface area contributed by atoms with Crippen LogP contribution < -0.4 is 4.74 Å². The monoisotopic (exact) mass is 182 g/mol. The van der Waals surface area contributed by atoms with Crippen LogP contribution >= 0.6 is 11.6 Å². The molecule has 0 aromatic carbocycles. The molecule has 0 aliphatic carbocycles. The number of nitrogens with zero attached hydrogens (tertiary/aromatic N) is 2. The molecule has 0 atom stereocenters. The third-order valence-electron chi connectivity index (χ3n) is 1.71. The Hall–Kier alpha value is -1.22. The highest BCUT2D eigenvalue weighted by Crippen LogP contribution is 2.24. The van der Waals surface area contributed by atoms with Crippen LogP contribution in [0, 0.1) is 0 Å². The third kappa shape index (κ3) is 0.940. The lowest BCUT2D eigenvalue weighted by atomic mass is 10.4. The number of aromatic nitrogens is 2. The molecular formula is C8H7ClN2O. The molecule has 0 radical (unpaired) electrons.